The third-order valence-electron chi connectivity index (χ3n) is 9.68. The number of aromatic nitrogens is 5. The number of carbonyl (C=O) groups is 2. The molecule has 0 spiro atoms. The van der Waals surface area contributed by atoms with Gasteiger partial charge in [0.15, 0.2) is 23.1 Å². The third-order valence-corrected chi connectivity index (χ3v) is 9.68. The molecule has 0 unspecified atom stereocenters. The number of methoxy groups -OCH3 is 3. The maximum atomic E-state index is 14.1. The van der Waals surface area contributed by atoms with Gasteiger partial charge in [-0.2, -0.15) is 0 Å². The number of nitrogens with zero attached hydrogens (tertiary/aromatic N) is 5. The van der Waals surface area contributed by atoms with Crippen molar-refractivity contribution in [3.8, 4) is 23.0 Å². The predicted molar refractivity (Wildman–Crippen MR) is 177 cm³/mol. The van der Waals surface area contributed by atoms with Crippen LogP contribution in [0.5, 0.6) is 23.0 Å². The van der Waals surface area contributed by atoms with Crippen LogP contribution < -0.4 is 31.1 Å². The number of hydrogen-bond acceptors (Lipinski definition) is 10. The summed E-state index contributed by atoms with van der Waals surface area (Å²) in [6.07, 6.45) is 3.05. The van der Waals surface area contributed by atoms with Crippen molar-refractivity contribution >= 4 is 22.6 Å². The molecule has 0 bridgehead atoms. The first kappa shape index (κ1) is 31.7. The van der Waals surface area contributed by atoms with Crippen molar-refractivity contribution in [2.75, 3.05) is 21.3 Å². The van der Waals surface area contributed by atoms with Crippen LogP contribution in [0, 0.1) is 0 Å². The van der Waals surface area contributed by atoms with E-state index in [0.29, 0.717) is 39.4 Å². The monoisotopic (exact) mass is 667 g/mol. The number of aryl methyl sites for hydroxylation is 2. The Morgan fingerprint density at radius 3 is 2.39 bits per heavy atom. The third kappa shape index (κ3) is 4.77. The van der Waals surface area contributed by atoms with E-state index in [1.807, 2.05) is 0 Å². The van der Waals surface area contributed by atoms with Crippen LogP contribution in [0.25, 0.3) is 11.0 Å². The summed E-state index contributed by atoms with van der Waals surface area (Å²) in [6.45, 7) is 1.45. The first-order valence-electron chi connectivity index (χ1n) is 15.6. The molecule has 0 amide bonds. The highest BCUT2D eigenvalue weighted by Gasteiger charge is 2.45. The Labute approximate surface area is 278 Å². The average molecular weight is 668 g/mol. The Bertz CT molecular complexity index is 2400. The number of fused-ring (bicyclic) bond motifs is 4. The number of hydrogen-bond donors (Lipinski definition) is 1. The van der Waals surface area contributed by atoms with Gasteiger partial charge < -0.3 is 23.9 Å². The predicted octanol–water partition coefficient (Wildman–Crippen LogP) is 2.10. The Morgan fingerprint density at radius 1 is 0.959 bits per heavy atom. The van der Waals surface area contributed by atoms with Gasteiger partial charge in [0.2, 0.25) is 0 Å². The zero-order chi connectivity index (χ0) is 34.9. The molecule has 7 rings (SSSR count). The van der Waals surface area contributed by atoms with Gasteiger partial charge in [-0.15, -0.1) is 0 Å². The van der Waals surface area contributed by atoms with Crippen molar-refractivity contribution in [2.24, 2.45) is 7.05 Å². The number of phenolic OH excluding ortho intramolecular Hbond substituents is 1. The smallest absolute Gasteiger partial charge is 0.347 e. The molecule has 252 valence electrons. The van der Waals surface area contributed by atoms with Gasteiger partial charge in [-0.05, 0) is 24.6 Å². The lowest BCUT2D eigenvalue weighted by Crippen LogP contribution is -2.40. The topological polar surface area (TPSA) is 166 Å². The number of ether oxygens (including phenoxy) is 3. The molecule has 0 radical (unpaired) electrons. The van der Waals surface area contributed by atoms with E-state index >= 15 is 0 Å². The molecular formula is C35H33N5O9. The number of allylic oxidation sites excluding steroid dienone is 6. The summed E-state index contributed by atoms with van der Waals surface area (Å²) in [5.41, 5.74) is 1.28. The second-order valence-electron chi connectivity index (χ2n) is 12.2. The minimum absolute atomic E-state index is 0.00433. The fourth-order valence-corrected chi connectivity index (χ4v) is 7.21. The molecule has 1 N–H and O–H groups in total. The van der Waals surface area contributed by atoms with Crippen LogP contribution in [0.15, 0.2) is 79.2 Å². The largest absolute Gasteiger partial charge is 0.507 e. The van der Waals surface area contributed by atoms with E-state index < -0.39 is 28.9 Å². The summed E-state index contributed by atoms with van der Waals surface area (Å²) < 4.78 is 21.1. The van der Waals surface area contributed by atoms with E-state index in [9.17, 15) is 29.1 Å². The van der Waals surface area contributed by atoms with Gasteiger partial charge >= 0.3 is 11.4 Å². The van der Waals surface area contributed by atoms with E-state index in [0.717, 1.165) is 4.57 Å². The standard InChI is InChI=1S/C35H33N5O9/c1-17-12-26(41)21-14-24-19(30(31(21)32(17)43)20-7-6-18(47-3)13-27(20)42)8-11-39-34(45)38(35(46)40(24)39)10-9-22-33(44)37(2)25-16-29(49-5)28(48-4)15-23(25)36-22/h6-8,12-13,15-16,24,30,42H,9-11,14H2,1-5H3/t24-,30-/m1/s1. The van der Waals surface area contributed by atoms with Gasteiger partial charge in [0.05, 0.1) is 44.9 Å². The molecule has 14 heteroatoms. The number of ketones is 2. The Hall–Kier alpha value is -5.92. The molecule has 0 saturated carbocycles. The molecule has 4 aromatic rings. The van der Waals surface area contributed by atoms with Crippen LogP contribution in [0.1, 0.15) is 36.6 Å². The zero-order valence-electron chi connectivity index (χ0n) is 27.5. The molecule has 0 fully saturated rings. The summed E-state index contributed by atoms with van der Waals surface area (Å²) in [5.74, 6) is -0.392. The average Bonchev–Trinajstić information content (AvgIpc) is 3.35. The van der Waals surface area contributed by atoms with Crippen molar-refractivity contribution in [3.05, 3.63) is 107 Å². The highest BCUT2D eigenvalue weighted by molar-refractivity contribution is 6.23. The number of phenols is 1. The molecular weight excluding hydrogens is 634 g/mol. The van der Waals surface area contributed by atoms with Crippen molar-refractivity contribution in [3.63, 3.8) is 0 Å². The number of rotatable bonds is 7. The van der Waals surface area contributed by atoms with E-state index in [1.165, 1.54) is 47.4 Å². The van der Waals surface area contributed by atoms with Crippen LogP contribution in [0.4, 0.5) is 0 Å². The maximum absolute atomic E-state index is 14.1. The van der Waals surface area contributed by atoms with Crippen LogP contribution >= 0.6 is 0 Å². The number of benzene rings is 2. The fourth-order valence-electron chi connectivity index (χ4n) is 7.21. The summed E-state index contributed by atoms with van der Waals surface area (Å²) >= 11 is 0. The SMILES string of the molecule is COc1ccc([C@H]2C3=CCn4c(=O)n(CCc5nc6cc(OC)c(OC)cc6n(C)c5=O)c(=O)n4[C@@H]3CC3=C2C(=O)C(C)=CC3=O)c(O)c1. The van der Waals surface area contributed by atoms with Gasteiger partial charge in [0.1, 0.15) is 17.2 Å². The lowest BCUT2D eigenvalue weighted by Gasteiger charge is -2.39. The van der Waals surface area contributed by atoms with E-state index in [1.54, 1.807) is 44.3 Å². The summed E-state index contributed by atoms with van der Waals surface area (Å²) in [5, 5.41) is 11.1. The first-order chi connectivity index (χ1) is 23.5. The van der Waals surface area contributed by atoms with Crippen LogP contribution in [0.2, 0.25) is 0 Å². The van der Waals surface area contributed by atoms with Gasteiger partial charge in [-0.25, -0.2) is 28.5 Å². The zero-order valence-corrected chi connectivity index (χ0v) is 27.5. The van der Waals surface area contributed by atoms with Crippen molar-refractivity contribution < 1.29 is 28.9 Å². The number of carbonyl (C=O) groups excluding carboxylic acids is 2. The molecule has 49 heavy (non-hydrogen) atoms. The quantitative estimate of drug-likeness (QED) is 0.228. The lowest BCUT2D eigenvalue weighted by molar-refractivity contribution is -0.116. The maximum Gasteiger partial charge on any atom is 0.347 e. The molecule has 2 aromatic heterocycles. The second-order valence-corrected chi connectivity index (χ2v) is 12.2. The Morgan fingerprint density at radius 2 is 1.69 bits per heavy atom. The van der Waals surface area contributed by atoms with Gasteiger partial charge in [0, 0.05) is 72.8 Å². The minimum atomic E-state index is -0.848. The van der Waals surface area contributed by atoms with Crippen molar-refractivity contribution in [2.45, 2.75) is 44.8 Å². The molecule has 2 aliphatic carbocycles. The van der Waals surface area contributed by atoms with Crippen LogP contribution in [0.3, 0.4) is 0 Å². The highest BCUT2D eigenvalue weighted by Crippen LogP contribution is 2.51. The Balaban J connectivity index is 1.30. The molecule has 3 aliphatic rings. The van der Waals surface area contributed by atoms with Crippen LogP contribution in [-0.4, -0.2) is 61.5 Å². The summed E-state index contributed by atoms with van der Waals surface area (Å²) in [7, 11) is 6.05. The van der Waals surface area contributed by atoms with Gasteiger partial charge in [-0.1, -0.05) is 12.1 Å². The number of Topliss-reactive ketones (excluding diaryl/α,β-unsaturated/α-hetero) is 1. The van der Waals surface area contributed by atoms with Gasteiger partial charge in [0.25, 0.3) is 5.56 Å². The van der Waals surface area contributed by atoms with Crippen molar-refractivity contribution in [1.82, 2.24) is 23.5 Å². The molecule has 0 saturated heterocycles. The second kappa shape index (κ2) is 11.6. The normalized spacial score (nSPS) is 18.5. The fraction of sp³-hybridized carbons (Fsp3) is 0.314. The van der Waals surface area contributed by atoms with Gasteiger partial charge in [-0.3, -0.25) is 14.4 Å². The molecule has 14 nitrogen and oxygen atoms in total. The van der Waals surface area contributed by atoms with Crippen LogP contribution in [-0.2, 0) is 36.1 Å². The summed E-state index contributed by atoms with van der Waals surface area (Å²) in [6, 6.07) is 7.22. The van der Waals surface area contributed by atoms with E-state index in [-0.39, 0.29) is 65.7 Å². The van der Waals surface area contributed by atoms with E-state index in [4.69, 9.17) is 14.2 Å². The van der Waals surface area contributed by atoms with E-state index in [2.05, 4.69) is 4.98 Å². The number of aromatic hydroxyl groups is 1. The summed E-state index contributed by atoms with van der Waals surface area (Å²) in [4.78, 5) is 72.6. The lowest BCUT2D eigenvalue weighted by atomic mass is 9.67. The molecule has 2 atom stereocenters. The molecule has 1 aliphatic heterocycles. The highest BCUT2D eigenvalue weighted by atomic mass is 16.5. The molecule has 2 aromatic carbocycles. The first-order valence-corrected chi connectivity index (χ1v) is 15.6. The molecule has 3 heterocycles. The van der Waals surface area contributed by atoms with Crippen molar-refractivity contribution in [1.29, 1.82) is 0 Å². The minimum Gasteiger partial charge on any atom is -0.507 e. The Kier molecular flexibility index (Phi) is 7.53.